The number of carbonyl (C=O) groups is 1. The zero-order valence-electron chi connectivity index (χ0n) is 12.0. The number of halogens is 4. The molecule has 0 atom stereocenters. The van der Waals surface area contributed by atoms with Crippen molar-refractivity contribution in [3.63, 3.8) is 0 Å². The second-order valence-electron chi connectivity index (χ2n) is 4.77. The lowest BCUT2D eigenvalue weighted by atomic mass is 10.2. The summed E-state index contributed by atoms with van der Waals surface area (Å²) in [5.41, 5.74) is 0.508. The summed E-state index contributed by atoms with van der Waals surface area (Å²) in [6.07, 6.45) is 0.997. The van der Waals surface area contributed by atoms with E-state index in [-0.39, 0.29) is 37.0 Å². The fourth-order valence-electron chi connectivity index (χ4n) is 1.78. The Labute approximate surface area is 158 Å². The highest BCUT2D eigenvalue weighted by atomic mass is 35.5. The minimum Gasteiger partial charge on any atom is -0.321 e. The zero-order chi connectivity index (χ0) is 18.1. The Balaban J connectivity index is 2.33. The highest BCUT2D eigenvalue weighted by molar-refractivity contribution is 7.92. The van der Waals surface area contributed by atoms with E-state index in [1.54, 1.807) is 0 Å². The smallest absolute Gasteiger partial charge is 0.257 e. The lowest BCUT2D eigenvalue weighted by Crippen LogP contribution is -2.14. The Morgan fingerprint density at radius 1 is 0.917 bits per heavy atom. The molecule has 1 amide bonds. The maximum absolute atomic E-state index is 12.4. The van der Waals surface area contributed by atoms with E-state index in [0.717, 1.165) is 6.26 Å². The average Bonchev–Trinajstić information content (AvgIpc) is 2.45. The molecule has 0 saturated heterocycles. The monoisotopic (exact) mass is 426 g/mol. The normalized spacial score (nSPS) is 11.2. The first-order valence-electron chi connectivity index (χ1n) is 6.30. The van der Waals surface area contributed by atoms with Crippen molar-refractivity contribution in [2.45, 2.75) is 0 Å². The number of carbonyl (C=O) groups excluding carboxylic acids is 1. The number of sulfonamides is 1. The van der Waals surface area contributed by atoms with Crippen LogP contribution in [0.25, 0.3) is 0 Å². The summed E-state index contributed by atoms with van der Waals surface area (Å²) in [7, 11) is -3.49. The summed E-state index contributed by atoms with van der Waals surface area (Å²) in [6, 6.07) is 6.94. The number of hydrogen-bond acceptors (Lipinski definition) is 3. The van der Waals surface area contributed by atoms with Crippen LogP contribution in [0.2, 0.25) is 20.1 Å². The molecule has 10 heteroatoms. The molecule has 0 aliphatic rings. The van der Waals surface area contributed by atoms with Crippen LogP contribution in [0.15, 0.2) is 30.3 Å². The van der Waals surface area contributed by atoms with Gasteiger partial charge >= 0.3 is 0 Å². The molecule has 5 nitrogen and oxygen atoms in total. The Kier molecular flexibility index (Phi) is 5.88. The van der Waals surface area contributed by atoms with Gasteiger partial charge in [-0.15, -0.1) is 0 Å². The van der Waals surface area contributed by atoms with E-state index in [4.69, 9.17) is 46.4 Å². The predicted molar refractivity (Wildman–Crippen MR) is 99.3 cm³/mol. The van der Waals surface area contributed by atoms with E-state index >= 15 is 0 Å². The van der Waals surface area contributed by atoms with Gasteiger partial charge in [0.1, 0.15) is 0 Å². The second kappa shape index (κ2) is 7.37. The minimum atomic E-state index is -3.49. The molecular weight excluding hydrogens is 418 g/mol. The molecule has 0 aromatic heterocycles. The molecule has 2 N–H and O–H groups in total. The highest BCUT2D eigenvalue weighted by Crippen LogP contribution is 2.33. The zero-order valence-corrected chi connectivity index (χ0v) is 15.9. The lowest BCUT2D eigenvalue weighted by molar-refractivity contribution is 0.102. The van der Waals surface area contributed by atoms with Crippen molar-refractivity contribution in [3.05, 3.63) is 56.0 Å². The van der Waals surface area contributed by atoms with E-state index in [0.29, 0.717) is 0 Å². The van der Waals surface area contributed by atoms with Crippen molar-refractivity contribution < 1.29 is 13.2 Å². The van der Waals surface area contributed by atoms with Crippen LogP contribution >= 0.6 is 46.4 Å². The van der Waals surface area contributed by atoms with Crippen LogP contribution in [-0.4, -0.2) is 20.6 Å². The summed E-state index contributed by atoms with van der Waals surface area (Å²) < 4.78 is 24.8. The predicted octanol–water partition coefficient (Wildman–Crippen LogP) is 4.92. The number of nitrogens with one attached hydrogen (secondary N) is 2. The number of anilines is 2. The molecule has 2 aromatic carbocycles. The van der Waals surface area contributed by atoms with Gasteiger partial charge in [-0.3, -0.25) is 9.52 Å². The van der Waals surface area contributed by atoms with Crippen LogP contribution in [-0.2, 0) is 10.0 Å². The van der Waals surface area contributed by atoms with Gasteiger partial charge in [-0.05, 0) is 30.3 Å². The van der Waals surface area contributed by atoms with Crippen LogP contribution < -0.4 is 10.0 Å². The first-order chi connectivity index (χ1) is 11.1. The number of amides is 1. The van der Waals surface area contributed by atoms with Crippen molar-refractivity contribution in [1.82, 2.24) is 0 Å². The molecule has 2 rings (SSSR count). The SMILES string of the molecule is CS(=O)(=O)Nc1ccc(Cl)c(C(=O)Nc2cc(Cl)c(Cl)cc2Cl)c1. The van der Waals surface area contributed by atoms with E-state index < -0.39 is 15.9 Å². The third-order valence-corrected chi connectivity index (χ3v) is 4.74. The Morgan fingerprint density at radius 3 is 2.17 bits per heavy atom. The van der Waals surface area contributed by atoms with Crippen molar-refractivity contribution >= 4 is 73.7 Å². The van der Waals surface area contributed by atoms with Gasteiger partial charge in [0.05, 0.1) is 37.6 Å². The summed E-state index contributed by atoms with van der Waals surface area (Å²) in [5, 5.41) is 3.35. The van der Waals surface area contributed by atoms with Gasteiger partial charge in [-0.2, -0.15) is 0 Å². The van der Waals surface area contributed by atoms with Crippen molar-refractivity contribution in [2.75, 3.05) is 16.3 Å². The van der Waals surface area contributed by atoms with Crippen molar-refractivity contribution in [3.8, 4) is 0 Å². The minimum absolute atomic E-state index is 0.0625. The van der Waals surface area contributed by atoms with Gasteiger partial charge in [-0.25, -0.2) is 8.42 Å². The summed E-state index contributed by atoms with van der Waals surface area (Å²) >= 11 is 23.7. The standard InChI is InChI=1S/C14H10Cl4N2O3S/c1-24(22,23)20-7-2-3-9(15)8(4-7)14(21)19-13-6-11(17)10(16)5-12(13)18/h2-6,20H,1H3,(H,19,21). The number of benzene rings is 2. The van der Waals surface area contributed by atoms with E-state index in [1.807, 2.05) is 0 Å². The second-order valence-corrected chi connectivity index (χ2v) is 8.15. The average molecular weight is 428 g/mol. The summed E-state index contributed by atoms with van der Waals surface area (Å²) in [6.45, 7) is 0. The molecule has 0 fully saturated rings. The largest absolute Gasteiger partial charge is 0.321 e. The molecule has 24 heavy (non-hydrogen) atoms. The maximum atomic E-state index is 12.4. The number of hydrogen-bond donors (Lipinski definition) is 2. The molecule has 0 heterocycles. The first-order valence-corrected chi connectivity index (χ1v) is 9.70. The summed E-state index contributed by atoms with van der Waals surface area (Å²) in [5.74, 6) is -0.586. The molecule has 0 bridgehead atoms. The highest BCUT2D eigenvalue weighted by Gasteiger charge is 2.15. The third-order valence-electron chi connectivity index (χ3n) is 2.77. The summed E-state index contributed by atoms with van der Waals surface area (Å²) in [4.78, 5) is 12.4. The topological polar surface area (TPSA) is 75.3 Å². The molecule has 0 spiro atoms. The molecule has 0 radical (unpaired) electrons. The van der Waals surface area contributed by atoms with Crippen LogP contribution in [0.3, 0.4) is 0 Å². The van der Waals surface area contributed by atoms with Gasteiger partial charge in [0, 0.05) is 5.69 Å². The molecule has 0 saturated carbocycles. The van der Waals surface area contributed by atoms with Crippen molar-refractivity contribution in [1.29, 1.82) is 0 Å². The molecule has 2 aromatic rings. The molecule has 0 unspecified atom stereocenters. The maximum Gasteiger partial charge on any atom is 0.257 e. The van der Waals surface area contributed by atoms with Gasteiger partial charge in [0.15, 0.2) is 0 Å². The fourth-order valence-corrected chi connectivity index (χ4v) is 3.14. The fraction of sp³-hybridized carbons (Fsp3) is 0.0714. The van der Waals surface area contributed by atoms with Crippen LogP contribution in [0.1, 0.15) is 10.4 Å². The molecule has 0 aliphatic carbocycles. The Morgan fingerprint density at radius 2 is 1.54 bits per heavy atom. The molecule has 0 aliphatic heterocycles. The van der Waals surface area contributed by atoms with E-state index in [2.05, 4.69) is 10.0 Å². The van der Waals surface area contributed by atoms with Crippen LogP contribution in [0.4, 0.5) is 11.4 Å². The first kappa shape index (κ1) is 19.1. The van der Waals surface area contributed by atoms with Crippen LogP contribution in [0.5, 0.6) is 0 Å². The van der Waals surface area contributed by atoms with Crippen molar-refractivity contribution in [2.24, 2.45) is 0 Å². The van der Waals surface area contributed by atoms with Gasteiger partial charge in [0.2, 0.25) is 10.0 Å². The third kappa shape index (κ3) is 4.91. The lowest BCUT2D eigenvalue weighted by Gasteiger charge is -2.11. The quantitative estimate of drug-likeness (QED) is 0.679. The number of rotatable bonds is 4. The molecule has 128 valence electrons. The van der Waals surface area contributed by atoms with Gasteiger partial charge in [0.25, 0.3) is 5.91 Å². The van der Waals surface area contributed by atoms with Crippen LogP contribution in [0, 0.1) is 0 Å². The van der Waals surface area contributed by atoms with Gasteiger partial charge in [-0.1, -0.05) is 46.4 Å². The van der Waals surface area contributed by atoms with Gasteiger partial charge < -0.3 is 5.32 Å². The molecular formula is C14H10Cl4N2O3S. The Hall–Kier alpha value is -1.18. The van der Waals surface area contributed by atoms with E-state index in [9.17, 15) is 13.2 Å². The Bertz CT molecular complexity index is 916. The van der Waals surface area contributed by atoms with E-state index in [1.165, 1.54) is 30.3 Å².